The van der Waals surface area contributed by atoms with Crippen molar-refractivity contribution in [1.82, 2.24) is 4.98 Å². The first kappa shape index (κ1) is 11.6. The van der Waals surface area contributed by atoms with Crippen molar-refractivity contribution in [1.29, 1.82) is 0 Å². The molecular weight excluding hydrogens is 266 g/mol. The van der Waals surface area contributed by atoms with Gasteiger partial charge in [0.15, 0.2) is 5.75 Å². The van der Waals surface area contributed by atoms with Crippen LogP contribution in [0.4, 0.5) is 0 Å². The van der Waals surface area contributed by atoms with E-state index in [1.807, 2.05) is 6.92 Å². The van der Waals surface area contributed by atoms with E-state index in [9.17, 15) is 0 Å². The Bertz CT molecular complexity index is 455. The predicted molar refractivity (Wildman–Crippen MR) is 69.8 cm³/mol. The van der Waals surface area contributed by atoms with Crippen LogP contribution in [0.1, 0.15) is 38.4 Å². The van der Waals surface area contributed by atoms with E-state index >= 15 is 0 Å². The number of hydrogen-bond donors (Lipinski definition) is 0. The van der Waals surface area contributed by atoms with Gasteiger partial charge in [-0.15, -0.1) is 0 Å². The number of aromatic nitrogens is 1. The van der Waals surface area contributed by atoms with E-state index in [1.54, 1.807) is 0 Å². The third kappa shape index (κ3) is 1.67. The summed E-state index contributed by atoms with van der Waals surface area (Å²) in [6.45, 7) is 11.1. The molecule has 2 rings (SSSR count). The molecule has 0 saturated heterocycles. The number of pyridine rings is 1. The van der Waals surface area contributed by atoms with Gasteiger partial charge in [-0.05, 0) is 40.9 Å². The van der Waals surface area contributed by atoms with E-state index in [4.69, 9.17) is 4.74 Å². The van der Waals surface area contributed by atoms with Crippen molar-refractivity contribution in [3.05, 3.63) is 28.5 Å². The summed E-state index contributed by atoms with van der Waals surface area (Å²) in [4.78, 5) is 4.44. The lowest BCUT2D eigenvalue weighted by Gasteiger charge is -2.20. The largest absolute Gasteiger partial charge is 0.490 e. The lowest BCUT2D eigenvalue weighted by atomic mass is 9.82. The summed E-state index contributed by atoms with van der Waals surface area (Å²) in [6, 6.07) is 2.11. The molecule has 0 aliphatic carbocycles. The Labute approximate surface area is 105 Å². The number of allylic oxidation sites excluding steroid dienone is 1. The Morgan fingerprint density at radius 2 is 2.38 bits per heavy atom. The molecule has 0 saturated carbocycles. The minimum absolute atomic E-state index is 0.102. The minimum atomic E-state index is 0.102. The molecule has 0 fully saturated rings. The summed E-state index contributed by atoms with van der Waals surface area (Å²) >= 11 is 3.47. The topological polar surface area (TPSA) is 22.1 Å². The lowest BCUT2D eigenvalue weighted by Crippen LogP contribution is -2.22. The molecular formula is C13H16BrNO. The van der Waals surface area contributed by atoms with Gasteiger partial charge >= 0.3 is 0 Å². The van der Waals surface area contributed by atoms with Crippen molar-refractivity contribution in [2.45, 2.75) is 32.6 Å². The fourth-order valence-electron chi connectivity index (χ4n) is 1.91. The molecule has 1 aromatic heterocycles. The predicted octanol–water partition coefficient (Wildman–Crippen LogP) is 3.94. The van der Waals surface area contributed by atoms with Gasteiger partial charge in [-0.3, -0.25) is 0 Å². The fraction of sp³-hybridized carbons (Fsp3) is 0.462. The molecule has 0 spiro atoms. The first-order valence-electron chi connectivity index (χ1n) is 5.47. The van der Waals surface area contributed by atoms with E-state index in [0.29, 0.717) is 0 Å². The Morgan fingerprint density at radius 1 is 1.69 bits per heavy atom. The van der Waals surface area contributed by atoms with E-state index in [2.05, 4.69) is 47.4 Å². The summed E-state index contributed by atoms with van der Waals surface area (Å²) in [5.41, 5.74) is 3.27. The molecule has 1 atom stereocenters. The van der Waals surface area contributed by atoms with Gasteiger partial charge in [0.1, 0.15) is 4.60 Å². The number of rotatable bonds is 2. The quantitative estimate of drug-likeness (QED) is 0.766. The van der Waals surface area contributed by atoms with Crippen LogP contribution in [0.3, 0.4) is 0 Å². The van der Waals surface area contributed by atoms with Crippen LogP contribution in [-0.2, 0) is 5.41 Å². The molecule has 0 N–H and O–H groups in total. The highest BCUT2D eigenvalue weighted by Crippen LogP contribution is 2.44. The van der Waals surface area contributed by atoms with Crippen molar-refractivity contribution >= 4 is 21.5 Å². The first-order valence-corrected chi connectivity index (χ1v) is 6.27. The van der Waals surface area contributed by atoms with Crippen LogP contribution >= 0.6 is 15.9 Å². The second kappa shape index (κ2) is 3.88. The molecule has 0 radical (unpaired) electrons. The normalized spacial score (nSPS) is 22.8. The van der Waals surface area contributed by atoms with Crippen LogP contribution in [0, 0.1) is 0 Å². The smallest absolute Gasteiger partial charge is 0.156 e. The van der Waals surface area contributed by atoms with Crippen LogP contribution in [0.15, 0.2) is 17.2 Å². The molecule has 2 nitrogen and oxygen atoms in total. The monoisotopic (exact) mass is 281 g/mol. The van der Waals surface area contributed by atoms with E-state index in [1.165, 1.54) is 5.56 Å². The molecule has 3 heteroatoms. The molecule has 0 bridgehead atoms. The van der Waals surface area contributed by atoms with Crippen molar-refractivity contribution in [2.24, 2.45) is 0 Å². The van der Waals surface area contributed by atoms with Gasteiger partial charge in [-0.25, -0.2) is 4.98 Å². The molecule has 2 heterocycles. The maximum atomic E-state index is 5.73. The zero-order valence-corrected chi connectivity index (χ0v) is 11.5. The van der Waals surface area contributed by atoms with E-state index in [0.717, 1.165) is 34.6 Å². The maximum Gasteiger partial charge on any atom is 0.156 e. The average molecular weight is 282 g/mol. The molecule has 86 valence electrons. The third-order valence-corrected chi connectivity index (χ3v) is 3.87. The van der Waals surface area contributed by atoms with Crippen molar-refractivity contribution in [3.63, 3.8) is 0 Å². The summed E-state index contributed by atoms with van der Waals surface area (Å²) in [5.74, 6) is 0.898. The van der Waals surface area contributed by atoms with Gasteiger partial charge in [-0.2, -0.15) is 0 Å². The van der Waals surface area contributed by atoms with Gasteiger partial charge in [0.2, 0.25) is 0 Å². The molecule has 0 aromatic carbocycles. The van der Waals surface area contributed by atoms with E-state index < -0.39 is 0 Å². The number of nitrogens with zero attached hydrogens (tertiary/aromatic N) is 1. The lowest BCUT2D eigenvalue weighted by molar-refractivity contribution is 0.272. The Morgan fingerprint density at radius 3 is 2.94 bits per heavy atom. The van der Waals surface area contributed by atoms with Gasteiger partial charge in [0.05, 0.1) is 12.3 Å². The van der Waals surface area contributed by atoms with Crippen LogP contribution in [0.25, 0.3) is 5.57 Å². The fourth-order valence-corrected chi connectivity index (χ4v) is 2.43. The van der Waals surface area contributed by atoms with Crippen LogP contribution in [0.5, 0.6) is 5.75 Å². The van der Waals surface area contributed by atoms with Crippen LogP contribution in [-0.4, -0.2) is 11.6 Å². The summed E-state index contributed by atoms with van der Waals surface area (Å²) in [6.07, 6.45) is 1.06. The minimum Gasteiger partial charge on any atom is -0.490 e. The second-order valence-corrected chi connectivity index (χ2v) is 5.41. The number of fused-ring (bicyclic) bond motifs is 1. The summed E-state index contributed by atoms with van der Waals surface area (Å²) in [5, 5.41) is 0. The Hall–Kier alpha value is -0.830. The molecule has 1 aromatic rings. The van der Waals surface area contributed by atoms with Crippen molar-refractivity contribution in [3.8, 4) is 5.75 Å². The number of halogens is 1. The van der Waals surface area contributed by atoms with Gasteiger partial charge in [0.25, 0.3) is 0 Å². The highest BCUT2D eigenvalue weighted by Gasteiger charge is 2.36. The molecule has 1 aliphatic heterocycles. The van der Waals surface area contributed by atoms with Gasteiger partial charge in [-0.1, -0.05) is 20.4 Å². The van der Waals surface area contributed by atoms with Gasteiger partial charge in [0, 0.05) is 11.0 Å². The standard InChI is InChI=1S/C13H16BrNO/c1-5-13(4)7-16-11-9(13)6-10(8(2)3)15-12(11)14/h6H,2,5,7H2,1,3-4H3/t13-/m0/s1. The number of hydrogen-bond acceptors (Lipinski definition) is 2. The zero-order valence-electron chi connectivity index (χ0n) is 9.93. The van der Waals surface area contributed by atoms with Crippen molar-refractivity contribution < 1.29 is 4.74 Å². The summed E-state index contributed by atoms with van der Waals surface area (Å²) in [7, 11) is 0. The second-order valence-electron chi connectivity index (χ2n) is 4.66. The molecule has 0 amide bonds. The Kier molecular flexibility index (Phi) is 2.82. The average Bonchev–Trinajstić information content (AvgIpc) is 2.58. The first-order chi connectivity index (χ1) is 7.48. The number of ether oxygens (including phenoxy) is 1. The highest BCUT2D eigenvalue weighted by atomic mass is 79.9. The third-order valence-electron chi connectivity index (χ3n) is 3.33. The molecule has 0 unspecified atom stereocenters. The van der Waals surface area contributed by atoms with E-state index in [-0.39, 0.29) is 5.41 Å². The summed E-state index contributed by atoms with van der Waals surface area (Å²) < 4.78 is 6.52. The van der Waals surface area contributed by atoms with Crippen LogP contribution < -0.4 is 4.74 Å². The van der Waals surface area contributed by atoms with Gasteiger partial charge < -0.3 is 4.74 Å². The maximum absolute atomic E-state index is 5.73. The van der Waals surface area contributed by atoms with Crippen molar-refractivity contribution in [2.75, 3.05) is 6.61 Å². The van der Waals surface area contributed by atoms with Crippen LogP contribution in [0.2, 0.25) is 0 Å². The zero-order chi connectivity index (χ0) is 11.9. The molecule has 16 heavy (non-hydrogen) atoms. The Balaban J connectivity index is 2.61. The molecule has 1 aliphatic rings. The SMILES string of the molecule is C=C(C)c1cc2c(c(Br)n1)OC[C@]2(C)CC. The highest BCUT2D eigenvalue weighted by molar-refractivity contribution is 9.10.